The number of hydrogen-bond acceptors (Lipinski definition) is 6. The third kappa shape index (κ3) is 7.17. The van der Waals surface area contributed by atoms with E-state index in [0.717, 1.165) is 29.2 Å². The highest BCUT2D eigenvalue weighted by Gasteiger charge is 2.31. The highest BCUT2D eigenvalue weighted by molar-refractivity contribution is 5.88. The van der Waals surface area contributed by atoms with Gasteiger partial charge >= 0.3 is 12.3 Å². The number of alkyl halides is 3. The summed E-state index contributed by atoms with van der Waals surface area (Å²) in [5, 5.41) is 12.9. The Balaban J connectivity index is 1.26. The van der Waals surface area contributed by atoms with Gasteiger partial charge in [-0.1, -0.05) is 0 Å². The molecule has 2 heterocycles. The van der Waals surface area contributed by atoms with Crippen molar-refractivity contribution >= 4 is 16.9 Å². The molecule has 0 bridgehead atoms. The first kappa shape index (κ1) is 25.9. The Bertz CT molecular complexity index is 1370. The Morgan fingerprint density at radius 2 is 1.86 bits per heavy atom. The number of nitrogens with one attached hydrogen (secondary N) is 2. The van der Waals surface area contributed by atoms with Crippen molar-refractivity contribution in [1.82, 2.24) is 20.3 Å². The van der Waals surface area contributed by atoms with E-state index in [9.17, 15) is 22.4 Å². The van der Waals surface area contributed by atoms with Crippen LogP contribution in [-0.4, -0.2) is 45.5 Å². The van der Waals surface area contributed by atoms with Gasteiger partial charge in [0.15, 0.2) is 11.6 Å². The molecule has 0 aliphatic heterocycles. The van der Waals surface area contributed by atoms with Gasteiger partial charge in [0.25, 0.3) is 0 Å². The number of hydrogen-bond donors (Lipinski definition) is 3. The molecule has 0 aliphatic carbocycles. The van der Waals surface area contributed by atoms with Crippen molar-refractivity contribution < 1.29 is 36.9 Å². The minimum absolute atomic E-state index is 0.0908. The summed E-state index contributed by atoms with van der Waals surface area (Å²) in [5.41, 5.74) is 2.02. The number of aromatic nitrogens is 3. The third-order valence-electron chi connectivity index (χ3n) is 5.30. The molecule has 4 rings (SSSR count). The van der Waals surface area contributed by atoms with Gasteiger partial charge in [0, 0.05) is 29.2 Å². The van der Waals surface area contributed by atoms with E-state index < -0.39 is 18.1 Å². The Morgan fingerprint density at radius 3 is 2.59 bits per heavy atom. The minimum Gasteiger partial charge on any atom is -0.494 e. The normalized spacial score (nSPS) is 11.6. The number of carbonyl (C=O) groups is 1. The van der Waals surface area contributed by atoms with Crippen LogP contribution in [0.2, 0.25) is 0 Å². The number of halogens is 4. The number of aliphatic carboxylic acids is 1. The fourth-order valence-corrected chi connectivity index (χ4v) is 3.62. The molecule has 0 radical (unpaired) electrons. The molecule has 0 spiro atoms. The van der Waals surface area contributed by atoms with Crippen molar-refractivity contribution in [2.45, 2.75) is 25.7 Å². The molecule has 194 valence electrons. The lowest BCUT2D eigenvalue weighted by Crippen LogP contribution is -2.19. The zero-order valence-corrected chi connectivity index (χ0v) is 19.3. The molecule has 0 atom stereocenters. The van der Waals surface area contributed by atoms with Crippen LogP contribution in [0.5, 0.6) is 11.5 Å². The predicted octanol–water partition coefficient (Wildman–Crippen LogP) is 4.85. The lowest BCUT2D eigenvalue weighted by molar-refractivity contribution is -0.274. The number of ether oxygens (including phenoxy) is 2. The zero-order valence-electron chi connectivity index (χ0n) is 19.3. The molecule has 0 unspecified atom stereocenters. The van der Waals surface area contributed by atoms with Crippen LogP contribution in [0, 0.1) is 5.82 Å². The average molecular weight is 518 g/mol. The maximum atomic E-state index is 14.2. The summed E-state index contributed by atoms with van der Waals surface area (Å²) >= 11 is 0. The molecule has 3 N–H and O–H groups in total. The maximum Gasteiger partial charge on any atom is 0.573 e. The van der Waals surface area contributed by atoms with Crippen molar-refractivity contribution in [3.8, 4) is 22.9 Å². The van der Waals surface area contributed by atoms with Gasteiger partial charge in [0.1, 0.15) is 11.5 Å². The van der Waals surface area contributed by atoms with Crippen LogP contribution < -0.4 is 14.8 Å². The van der Waals surface area contributed by atoms with Crippen LogP contribution in [0.1, 0.15) is 17.7 Å². The SMILES string of the molecule is O=C(O)Cc1c[nH]c2ccc(OCCCNCc3nc(-c4ccc(OC(F)(F)F)cc4)ncc3F)cc12. The van der Waals surface area contributed by atoms with E-state index >= 15 is 0 Å². The first-order chi connectivity index (χ1) is 17.7. The second-order valence-electron chi connectivity index (χ2n) is 8.03. The van der Waals surface area contributed by atoms with E-state index in [4.69, 9.17) is 9.84 Å². The van der Waals surface area contributed by atoms with Crippen molar-refractivity contribution in [1.29, 1.82) is 0 Å². The summed E-state index contributed by atoms with van der Waals surface area (Å²) in [6, 6.07) is 10.4. The molecule has 0 fully saturated rings. The van der Waals surface area contributed by atoms with Crippen molar-refractivity contribution in [3.63, 3.8) is 0 Å². The fourth-order valence-electron chi connectivity index (χ4n) is 3.62. The summed E-state index contributed by atoms with van der Waals surface area (Å²) in [7, 11) is 0. The monoisotopic (exact) mass is 518 g/mol. The summed E-state index contributed by atoms with van der Waals surface area (Å²) in [6.45, 7) is 0.991. The van der Waals surface area contributed by atoms with Crippen molar-refractivity contribution in [2.24, 2.45) is 0 Å². The predicted molar refractivity (Wildman–Crippen MR) is 126 cm³/mol. The number of aromatic amines is 1. The number of rotatable bonds is 11. The van der Waals surface area contributed by atoms with Gasteiger partial charge in [0.05, 0.1) is 24.9 Å². The first-order valence-corrected chi connectivity index (χ1v) is 11.2. The Hall–Kier alpha value is -4.19. The molecule has 0 saturated carbocycles. The van der Waals surface area contributed by atoms with E-state index in [1.54, 1.807) is 18.3 Å². The minimum atomic E-state index is -4.79. The number of benzene rings is 2. The van der Waals surface area contributed by atoms with E-state index in [2.05, 4.69) is 25.0 Å². The molecule has 8 nitrogen and oxygen atoms in total. The lowest BCUT2D eigenvalue weighted by Gasteiger charge is -2.10. The second-order valence-corrected chi connectivity index (χ2v) is 8.03. The summed E-state index contributed by atoms with van der Waals surface area (Å²) in [4.78, 5) is 22.1. The number of carboxylic acid groups (broad SMARTS) is 1. The largest absolute Gasteiger partial charge is 0.573 e. The van der Waals surface area contributed by atoms with Gasteiger partial charge in [-0.25, -0.2) is 14.4 Å². The van der Waals surface area contributed by atoms with Gasteiger partial charge in [-0.05, 0) is 61.0 Å². The van der Waals surface area contributed by atoms with Crippen LogP contribution in [0.3, 0.4) is 0 Å². The molecule has 0 amide bonds. The smallest absolute Gasteiger partial charge is 0.494 e. The molecule has 37 heavy (non-hydrogen) atoms. The fraction of sp³-hybridized carbons (Fsp3) is 0.240. The van der Waals surface area contributed by atoms with Crippen molar-refractivity contribution in [3.05, 3.63) is 71.9 Å². The van der Waals surface area contributed by atoms with Crippen LogP contribution in [0.25, 0.3) is 22.3 Å². The van der Waals surface area contributed by atoms with E-state index in [0.29, 0.717) is 36.4 Å². The molecule has 0 saturated heterocycles. The van der Waals surface area contributed by atoms with Crippen LogP contribution in [-0.2, 0) is 17.8 Å². The number of H-pyrrole nitrogens is 1. The topological polar surface area (TPSA) is 109 Å². The van der Waals surface area contributed by atoms with Gasteiger partial charge in [-0.3, -0.25) is 4.79 Å². The second kappa shape index (κ2) is 11.2. The molecule has 12 heteroatoms. The highest BCUT2D eigenvalue weighted by atomic mass is 19.4. The molecular weight excluding hydrogens is 496 g/mol. The Morgan fingerprint density at radius 1 is 1.11 bits per heavy atom. The van der Waals surface area contributed by atoms with Gasteiger partial charge in [-0.2, -0.15) is 0 Å². The number of carboxylic acids is 1. The number of fused-ring (bicyclic) bond motifs is 1. The molecule has 0 aliphatic rings. The highest BCUT2D eigenvalue weighted by Crippen LogP contribution is 2.26. The van der Waals surface area contributed by atoms with E-state index in [1.807, 2.05) is 6.07 Å². The van der Waals surface area contributed by atoms with E-state index in [-0.39, 0.29) is 30.2 Å². The third-order valence-corrected chi connectivity index (χ3v) is 5.30. The first-order valence-electron chi connectivity index (χ1n) is 11.2. The van der Waals surface area contributed by atoms with Crippen LogP contribution in [0.4, 0.5) is 17.6 Å². The van der Waals surface area contributed by atoms with Gasteiger partial charge in [0.2, 0.25) is 0 Å². The van der Waals surface area contributed by atoms with Crippen LogP contribution >= 0.6 is 0 Å². The maximum absolute atomic E-state index is 14.2. The quantitative estimate of drug-likeness (QED) is 0.192. The van der Waals surface area contributed by atoms with Crippen molar-refractivity contribution in [2.75, 3.05) is 13.2 Å². The Kier molecular flexibility index (Phi) is 7.87. The standard InChI is InChI=1S/C25H22F4N4O4/c26-20-13-32-24(15-2-4-17(5-3-15)37-25(27,28)29)33-22(20)14-30-8-1-9-36-18-6-7-21-19(11-18)16(12-31-21)10-23(34)35/h2-7,11-13,30-31H,1,8-10,14H2,(H,34,35). The molecule has 2 aromatic carbocycles. The van der Waals surface area contributed by atoms with Gasteiger partial charge in [-0.15, -0.1) is 13.2 Å². The zero-order chi connectivity index (χ0) is 26.4. The molecular formula is C25H22F4N4O4. The molecule has 4 aromatic rings. The number of nitrogens with zero attached hydrogens (tertiary/aromatic N) is 2. The van der Waals surface area contributed by atoms with E-state index in [1.165, 1.54) is 12.1 Å². The summed E-state index contributed by atoms with van der Waals surface area (Å²) < 4.78 is 60.7. The summed E-state index contributed by atoms with van der Waals surface area (Å²) in [5.74, 6) is -1.13. The lowest BCUT2D eigenvalue weighted by atomic mass is 10.1. The summed E-state index contributed by atoms with van der Waals surface area (Å²) in [6.07, 6.45) is -1.60. The Labute approximate surface area is 208 Å². The molecule has 2 aromatic heterocycles. The van der Waals surface area contributed by atoms with Crippen LogP contribution in [0.15, 0.2) is 54.9 Å². The average Bonchev–Trinajstić information content (AvgIpc) is 3.23. The van der Waals surface area contributed by atoms with Gasteiger partial charge < -0.3 is 24.9 Å².